The lowest BCUT2D eigenvalue weighted by Crippen LogP contribution is -2.28. The first-order chi connectivity index (χ1) is 6.27. The molecule has 1 spiro atoms. The summed E-state index contributed by atoms with van der Waals surface area (Å²) in [4.78, 5) is 11.2. The minimum absolute atomic E-state index is 0.199. The summed E-state index contributed by atoms with van der Waals surface area (Å²) < 4.78 is 0. The summed E-state index contributed by atoms with van der Waals surface area (Å²) in [5, 5.41) is 11.9. The van der Waals surface area contributed by atoms with Crippen LogP contribution in [0.5, 0.6) is 0 Å². The summed E-state index contributed by atoms with van der Waals surface area (Å²) in [6.45, 7) is 1.11. The molecule has 1 amide bonds. The molecule has 2 atom stereocenters. The Morgan fingerprint density at radius 1 is 1.62 bits per heavy atom. The van der Waals surface area contributed by atoms with Crippen molar-refractivity contribution in [2.75, 3.05) is 13.2 Å². The number of aliphatic hydroxyl groups excluding tert-OH is 1. The number of carbonyl (C=O) groups is 1. The molecule has 0 aromatic carbocycles. The van der Waals surface area contributed by atoms with Crippen molar-refractivity contribution in [2.24, 2.45) is 11.3 Å². The highest BCUT2D eigenvalue weighted by atomic mass is 16.3. The Hall–Kier alpha value is -0.570. The average molecular weight is 183 g/mol. The largest absolute Gasteiger partial charge is 0.396 e. The van der Waals surface area contributed by atoms with Gasteiger partial charge in [0.1, 0.15) is 0 Å². The van der Waals surface area contributed by atoms with Gasteiger partial charge in [-0.05, 0) is 30.6 Å². The van der Waals surface area contributed by atoms with E-state index in [1.54, 1.807) is 0 Å². The summed E-state index contributed by atoms with van der Waals surface area (Å²) in [6, 6.07) is 0. The van der Waals surface area contributed by atoms with Gasteiger partial charge in [-0.2, -0.15) is 0 Å². The number of hydrogen-bond acceptors (Lipinski definition) is 2. The van der Waals surface area contributed by atoms with Crippen LogP contribution in [0.4, 0.5) is 0 Å². The van der Waals surface area contributed by atoms with E-state index in [4.69, 9.17) is 5.11 Å². The smallest absolute Gasteiger partial charge is 0.220 e. The zero-order valence-electron chi connectivity index (χ0n) is 7.88. The van der Waals surface area contributed by atoms with Gasteiger partial charge >= 0.3 is 0 Å². The minimum Gasteiger partial charge on any atom is -0.396 e. The van der Waals surface area contributed by atoms with E-state index in [2.05, 4.69) is 5.32 Å². The first-order valence-corrected chi connectivity index (χ1v) is 5.14. The lowest BCUT2D eigenvalue weighted by Gasteiger charge is -2.28. The Kier molecular flexibility index (Phi) is 2.28. The van der Waals surface area contributed by atoms with Crippen LogP contribution in [0.1, 0.15) is 32.1 Å². The van der Waals surface area contributed by atoms with E-state index < -0.39 is 0 Å². The fourth-order valence-electron chi connectivity index (χ4n) is 3.00. The van der Waals surface area contributed by atoms with Crippen LogP contribution in [0, 0.1) is 11.3 Å². The maximum Gasteiger partial charge on any atom is 0.220 e. The summed E-state index contributed by atoms with van der Waals surface area (Å²) in [7, 11) is 0. The van der Waals surface area contributed by atoms with E-state index >= 15 is 0 Å². The molecule has 2 fully saturated rings. The van der Waals surface area contributed by atoms with Gasteiger partial charge in [-0.1, -0.05) is 6.42 Å². The molecule has 3 heteroatoms. The lowest BCUT2D eigenvalue weighted by atomic mass is 9.75. The van der Waals surface area contributed by atoms with Crippen molar-refractivity contribution in [3.8, 4) is 0 Å². The van der Waals surface area contributed by atoms with Crippen LogP contribution in [0.3, 0.4) is 0 Å². The van der Waals surface area contributed by atoms with Crippen LogP contribution in [-0.4, -0.2) is 24.2 Å². The number of amides is 1. The van der Waals surface area contributed by atoms with Gasteiger partial charge in [0.2, 0.25) is 5.91 Å². The Labute approximate surface area is 78.5 Å². The van der Waals surface area contributed by atoms with Crippen molar-refractivity contribution in [3.63, 3.8) is 0 Å². The quantitative estimate of drug-likeness (QED) is 0.661. The van der Waals surface area contributed by atoms with Crippen molar-refractivity contribution in [1.82, 2.24) is 5.32 Å². The normalized spacial score (nSPS) is 38.5. The van der Waals surface area contributed by atoms with E-state index in [9.17, 15) is 4.79 Å². The van der Waals surface area contributed by atoms with Crippen LogP contribution in [-0.2, 0) is 4.79 Å². The van der Waals surface area contributed by atoms with Crippen LogP contribution < -0.4 is 5.32 Å². The number of nitrogens with one attached hydrogen (secondary N) is 1. The number of rotatable bonds is 2. The third-order valence-corrected chi connectivity index (χ3v) is 3.72. The molecule has 0 aromatic rings. The second-order valence-corrected chi connectivity index (χ2v) is 4.42. The number of hydrogen-bond donors (Lipinski definition) is 2. The molecule has 2 aliphatic rings. The molecule has 1 heterocycles. The molecular formula is C10H17NO2. The lowest BCUT2D eigenvalue weighted by molar-refractivity contribution is -0.119. The van der Waals surface area contributed by atoms with E-state index in [1.807, 2.05) is 0 Å². The number of aliphatic hydroxyl groups is 1. The van der Waals surface area contributed by atoms with E-state index in [0.717, 1.165) is 19.4 Å². The van der Waals surface area contributed by atoms with Gasteiger partial charge in [0, 0.05) is 19.6 Å². The third kappa shape index (κ3) is 1.46. The highest BCUT2D eigenvalue weighted by Gasteiger charge is 2.47. The van der Waals surface area contributed by atoms with Gasteiger partial charge in [0.05, 0.1) is 0 Å². The monoisotopic (exact) mass is 183 g/mol. The molecule has 74 valence electrons. The van der Waals surface area contributed by atoms with Crippen molar-refractivity contribution in [1.29, 1.82) is 0 Å². The van der Waals surface area contributed by atoms with Crippen molar-refractivity contribution in [2.45, 2.75) is 32.1 Å². The topological polar surface area (TPSA) is 49.3 Å². The maximum absolute atomic E-state index is 11.2. The molecular weight excluding hydrogens is 166 g/mol. The van der Waals surface area contributed by atoms with Gasteiger partial charge < -0.3 is 10.4 Å². The summed E-state index contributed by atoms with van der Waals surface area (Å²) >= 11 is 0. The molecule has 3 nitrogen and oxygen atoms in total. The second-order valence-electron chi connectivity index (χ2n) is 4.42. The van der Waals surface area contributed by atoms with Crippen LogP contribution in [0.2, 0.25) is 0 Å². The molecule has 2 rings (SSSR count). The first-order valence-electron chi connectivity index (χ1n) is 5.14. The fraction of sp³-hybridized carbons (Fsp3) is 0.900. The average Bonchev–Trinajstić information content (AvgIpc) is 2.64. The predicted molar refractivity (Wildman–Crippen MR) is 49.1 cm³/mol. The van der Waals surface area contributed by atoms with Crippen molar-refractivity contribution >= 4 is 5.91 Å². The summed E-state index contributed by atoms with van der Waals surface area (Å²) in [6.07, 6.45) is 5.14. The Balaban J connectivity index is 2.07. The maximum atomic E-state index is 11.2. The molecule has 2 unspecified atom stereocenters. The van der Waals surface area contributed by atoms with E-state index in [-0.39, 0.29) is 17.9 Å². The van der Waals surface area contributed by atoms with E-state index in [0.29, 0.717) is 12.3 Å². The van der Waals surface area contributed by atoms with Crippen molar-refractivity contribution < 1.29 is 9.90 Å². The second kappa shape index (κ2) is 3.29. The SMILES string of the molecule is O=C1CC2(CCCC2CCO)CN1. The van der Waals surface area contributed by atoms with Crippen LogP contribution >= 0.6 is 0 Å². The Morgan fingerprint density at radius 2 is 2.46 bits per heavy atom. The molecule has 1 aliphatic carbocycles. The fourth-order valence-corrected chi connectivity index (χ4v) is 3.00. The number of carbonyl (C=O) groups excluding carboxylic acids is 1. The molecule has 1 saturated carbocycles. The molecule has 0 radical (unpaired) electrons. The zero-order chi connectivity index (χ0) is 9.31. The summed E-state index contributed by atoms with van der Waals surface area (Å²) in [5.74, 6) is 0.765. The van der Waals surface area contributed by atoms with Gasteiger partial charge in [-0.25, -0.2) is 0 Å². The first kappa shape index (κ1) is 9.00. The zero-order valence-corrected chi connectivity index (χ0v) is 7.88. The highest BCUT2D eigenvalue weighted by molar-refractivity contribution is 5.79. The highest BCUT2D eigenvalue weighted by Crippen LogP contribution is 2.49. The Bertz CT molecular complexity index is 217. The molecule has 0 aromatic heterocycles. The molecule has 2 N–H and O–H groups in total. The Morgan fingerprint density at radius 3 is 3.08 bits per heavy atom. The molecule has 0 bridgehead atoms. The van der Waals surface area contributed by atoms with Gasteiger partial charge in [-0.3, -0.25) is 4.79 Å². The predicted octanol–water partition coefficient (Wildman–Crippen LogP) is 0.675. The third-order valence-electron chi connectivity index (χ3n) is 3.72. The molecule has 1 aliphatic heterocycles. The molecule has 1 saturated heterocycles. The standard InChI is InChI=1S/C10H17NO2/c12-5-3-8-2-1-4-10(8)6-9(13)11-7-10/h8,12H,1-7H2,(H,11,13). The van der Waals surface area contributed by atoms with Gasteiger partial charge in [0.25, 0.3) is 0 Å². The van der Waals surface area contributed by atoms with Gasteiger partial charge in [0.15, 0.2) is 0 Å². The van der Waals surface area contributed by atoms with E-state index in [1.165, 1.54) is 12.8 Å². The van der Waals surface area contributed by atoms with Gasteiger partial charge in [-0.15, -0.1) is 0 Å². The van der Waals surface area contributed by atoms with Crippen LogP contribution in [0.25, 0.3) is 0 Å². The molecule has 13 heavy (non-hydrogen) atoms. The van der Waals surface area contributed by atoms with Crippen LogP contribution in [0.15, 0.2) is 0 Å². The minimum atomic E-state index is 0.199. The summed E-state index contributed by atoms with van der Waals surface area (Å²) in [5.41, 5.74) is 0.208. The van der Waals surface area contributed by atoms with Crippen molar-refractivity contribution in [3.05, 3.63) is 0 Å².